The van der Waals surface area contributed by atoms with E-state index in [0.29, 0.717) is 16.9 Å². The van der Waals surface area contributed by atoms with E-state index in [2.05, 4.69) is 4.98 Å². The van der Waals surface area contributed by atoms with Crippen molar-refractivity contribution in [1.29, 1.82) is 0 Å². The molecule has 0 aliphatic carbocycles. The average molecular weight is 307 g/mol. The van der Waals surface area contributed by atoms with E-state index in [1.165, 1.54) is 0 Å². The lowest BCUT2D eigenvalue weighted by Gasteiger charge is -2.08. The van der Waals surface area contributed by atoms with Gasteiger partial charge < -0.3 is 4.74 Å². The summed E-state index contributed by atoms with van der Waals surface area (Å²) in [7, 11) is 0. The number of hydrogen-bond donors (Lipinski definition) is 0. The van der Waals surface area contributed by atoms with Crippen molar-refractivity contribution in [3.05, 3.63) is 52.8 Å². The molecule has 0 aliphatic heterocycles. The van der Waals surface area contributed by atoms with Gasteiger partial charge in [0.15, 0.2) is 0 Å². The second-order valence-electron chi connectivity index (χ2n) is 4.28. The summed E-state index contributed by atoms with van der Waals surface area (Å²) in [4.78, 5) is 4.32. The Morgan fingerprint density at radius 2 is 1.85 bits per heavy atom. The van der Waals surface area contributed by atoms with E-state index in [1.54, 1.807) is 6.07 Å². The fourth-order valence-corrected chi connectivity index (χ4v) is 2.57. The monoisotopic (exact) mass is 306 g/mol. The van der Waals surface area contributed by atoms with Gasteiger partial charge in [-0.15, -0.1) is 0 Å². The maximum Gasteiger partial charge on any atom is 0.208 e. The first-order valence-corrected chi connectivity index (χ1v) is 7.01. The molecule has 0 spiro atoms. The van der Waals surface area contributed by atoms with Crippen molar-refractivity contribution >= 4 is 34.2 Å². The van der Waals surface area contributed by atoms with Crippen molar-refractivity contribution in [3.8, 4) is 11.4 Å². The van der Waals surface area contributed by atoms with Crippen LogP contribution in [-0.2, 0) is 0 Å². The van der Waals surface area contributed by atoms with E-state index >= 15 is 0 Å². The van der Waals surface area contributed by atoms with Gasteiger partial charge in [0.1, 0.15) is 5.75 Å². The number of nitrogens with zero attached hydrogens (tertiary/aromatic N) is 2. The smallest absolute Gasteiger partial charge is 0.208 e. The first kappa shape index (κ1) is 13.3. The summed E-state index contributed by atoms with van der Waals surface area (Å²) in [5, 5.41) is 1.05. The summed E-state index contributed by atoms with van der Waals surface area (Å²) in [6.07, 6.45) is 0. The minimum atomic E-state index is 0.409. The highest BCUT2D eigenvalue weighted by Crippen LogP contribution is 2.27. The molecule has 1 aromatic heterocycles. The number of ether oxygens (including phenoxy) is 1. The summed E-state index contributed by atoms with van der Waals surface area (Å²) in [5.74, 6) is 0.833. The van der Waals surface area contributed by atoms with E-state index in [-0.39, 0.29) is 0 Å². The first-order chi connectivity index (χ1) is 9.69. The van der Waals surface area contributed by atoms with Gasteiger partial charge in [0.25, 0.3) is 0 Å². The van der Waals surface area contributed by atoms with Crippen molar-refractivity contribution in [2.45, 2.75) is 6.92 Å². The van der Waals surface area contributed by atoms with Crippen LogP contribution in [0.2, 0.25) is 10.3 Å². The summed E-state index contributed by atoms with van der Waals surface area (Å²) >= 11 is 12.2. The van der Waals surface area contributed by atoms with Gasteiger partial charge in [-0.3, -0.25) is 4.57 Å². The lowest BCUT2D eigenvalue weighted by atomic mass is 10.2. The van der Waals surface area contributed by atoms with Gasteiger partial charge in [0.2, 0.25) is 5.28 Å². The van der Waals surface area contributed by atoms with Gasteiger partial charge in [0.05, 0.1) is 17.6 Å². The lowest BCUT2D eigenvalue weighted by Crippen LogP contribution is -1.95. The normalized spacial score (nSPS) is 10.9. The van der Waals surface area contributed by atoms with Crippen LogP contribution in [0.5, 0.6) is 5.75 Å². The zero-order valence-electron chi connectivity index (χ0n) is 10.8. The zero-order valence-corrected chi connectivity index (χ0v) is 12.3. The predicted octanol–water partition coefficient (Wildman–Crippen LogP) is 4.73. The van der Waals surface area contributed by atoms with Crippen LogP contribution in [0.15, 0.2) is 42.5 Å². The minimum Gasteiger partial charge on any atom is -0.494 e. The van der Waals surface area contributed by atoms with E-state index in [4.69, 9.17) is 27.9 Å². The quantitative estimate of drug-likeness (QED) is 0.699. The van der Waals surface area contributed by atoms with Crippen LogP contribution in [-0.4, -0.2) is 16.2 Å². The molecule has 0 unspecified atom stereocenters. The van der Waals surface area contributed by atoms with Crippen LogP contribution in [0.3, 0.4) is 0 Å². The Bertz CT molecular complexity index is 750. The molecule has 102 valence electrons. The highest BCUT2D eigenvalue weighted by molar-refractivity contribution is 6.32. The lowest BCUT2D eigenvalue weighted by molar-refractivity contribution is 0.340. The number of benzene rings is 2. The van der Waals surface area contributed by atoms with Gasteiger partial charge in [-0.2, -0.15) is 0 Å². The Morgan fingerprint density at radius 1 is 1.10 bits per heavy atom. The molecule has 20 heavy (non-hydrogen) atoms. The Kier molecular flexibility index (Phi) is 3.55. The predicted molar refractivity (Wildman–Crippen MR) is 82.3 cm³/mol. The van der Waals surface area contributed by atoms with Gasteiger partial charge >= 0.3 is 0 Å². The minimum absolute atomic E-state index is 0.409. The molecule has 0 amide bonds. The molecule has 3 nitrogen and oxygen atoms in total. The highest BCUT2D eigenvalue weighted by atomic mass is 35.5. The Hall–Kier alpha value is -1.71. The zero-order chi connectivity index (χ0) is 14.1. The second-order valence-corrected chi connectivity index (χ2v) is 5.05. The fraction of sp³-hybridized carbons (Fsp3) is 0.133. The SMILES string of the molecule is CCOc1ccc(-n2c(Cl)nc3cc(Cl)ccc32)cc1. The van der Waals surface area contributed by atoms with Crippen LogP contribution in [0.25, 0.3) is 16.7 Å². The van der Waals surface area contributed by atoms with Crippen molar-refractivity contribution in [3.63, 3.8) is 0 Å². The van der Waals surface area contributed by atoms with E-state index in [0.717, 1.165) is 22.5 Å². The summed E-state index contributed by atoms with van der Waals surface area (Å²) in [5.41, 5.74) is 2.63. The second kappa shape index (κ2) is 5.35. The van der Waals surface area contributed by atoms with Gasteiger partial charge in [-0.1, -0.05) is 11.6 Å². The van der Waals surface area contributed by atoms with Crippen molar-refractivity contribution in [1.82, 2.24) is 9.55 Å². The Morgan fingerprint density at radius 3 is 2.55 bits per heavy atom. The molecular formula is C15H12Cl2N2O. The molecule has 2 aromatic carbocycles. The van der Waals surface area contributed by atoms with Crippen LogP contribution in [0.4, 0.5) is 0 Å². The van der Waals surface area contributed by atoms with Crippen LogP contribution in [0.1, 0.15) is 6.92 Å². The molecule has 0 N–H and O–H groups in total. The molecule has 0 bridgehead atoms. The topological polar surface area (TPSA) is 27.1 Å². The molecule has 0 fully saturated rings. The largest absolute Gasteiger partial charge is 0.494 e. The van der Waals surface area contributed by atoms with Crippen LogP contribution < -0.4 is 4.74 Å². The molecule has 3 rings (SSSR count). The number of fused-ring (bicyclic) bond motifs is 1. The Balaban J connectivity index is 2.11. The van der Waals surface area contributed by atoms with Crippen molar-refractivity contribution < 1.29 is 4.74 Å². The standard InChI is InChI=1S/C15H12Cl2N2O/c1-2-20-12-6-4-11(5-7-12)19-14-8-3-10(16)9-13(14)18-15(19)17/h3-9H,2H2,1H3. The van der Waals surface area contributed by atoms with Crippen molar-refractivity contribution in [2.24, 2.45) is 0 Å². The number of hydrogen-bond acceptors (Lipinski definition) is 2. The van der Waals surface area contributed by atoms with Crippen LogP contribution >= 0.6 is 23.2 Å². The number of halogens is 2. The summed E-state index contributed by atoms with van der Waals surface area (Å²) < 4.78 is 7.31. The Labute approximate surface area is 126 Å². The third-order valence-corrected chi connectivity index (χ3v) is 3.47. The molecule has 5 heteroatoms. The molecule has 1 heterocycles. The van der Waals surface area contributed by atoms with E-state index < -0.39 is 0 Å². The maximum absolute atomic E-state index is 6.23. The molecule has 0 atom stereocenters. The van der Waals surface area contributed by atoms with Gasteiger partial charge in [0, 0.05) is 10.7 Å². The number of rotatable bonds is 3. The maximum atomic E-state index is 6.23. The molecule has 3 aromatic rings. The van der Waals surface area contributed by atoms with Crippen LogP contribution in [0, 0.1) is 0 Å². The molecule has 0 saturated heterocycles. The average Bonchev–Trinajstić information content (AvgIpc) is 2.75. The van der Waals surface area contributed by atoms with Gasteiger partial charge in [-0.25, -0.2) is 4.98 Å². The molecular weight excluding hydrogens is 295 g/mol. The third kappa shape index (κ3) is 2.35. The molecule has 0 saturated carbocycles. The van der Waals surface area contributed by atoms with Crippen molar-refractivity contribution in [2.75, 3.05) is 6.61 Å². The first-order valence-electron chi connectivity index (χ1n) is 6.26. The third-order valence-electron chi connectivity index (χ3n) is 2.98. The fourth-order valence-electron chi connectivity index (χ4n) is 2.13. The van der Waals surface area contributed by atoms with E-state index in [9.17, 15) is 0 Å². The van der Waals surface area contributed by atoms with E-state index in [1.807, 2.05) is 47.9 Å². The number of imidazole rings is 1. The molecule has 0 radical (unpaired) electrons. The van der Waals surface area contributed by atoms with Gasteiger partial charge in [-0.05, 0) is 61.0 Å². The number of aromatic nitrogens is 2. The molecule has 0 aliphatic rings. The summed E-state index contributed by atoms with van der Waals surface area (Å²) in [6, 6.07) is 13.3. The summed E-state index contributed by atoms with van der Waals surface area (Å²) in [6.45, 7) is 2.60. The highest BCUT2D eigenvalue weighted by Gasteiger charge is 2.11.